The number of aromatic nitrogens is 2. The number of aryl methyl sites for hydroxylation is 1. The molecule has 0 radical (unpaired) electrons. The Kier molecular flexibility index (Phi) is 5.80. The van der Waals surface area contributed by atoms with Crippen LogP contribution in [0.4, 0.5) is 0 Å². The number of likely N-dealkylation sites (N-methyl/N-ethyl adjacent to an activating group) is 1. The highest BCUT2D eigenvalue weighted by Crippen LogP contribution is 2.20. The predicted molar refractivity (Wildman–Crippen MR) is 90.9 cm³/mol. The molecule has 0 bridgehead atoms. The molecule has 1 aromatic heterocycles. The largest absolute Gasteiger partial charge is 0.395 e. The lowest BCUT2D eigenvalue weighted by Gasteiger charge is -2.19. The molecule has 0 aliphatic rings. The Labute approximate surface area is 141 Å². The van der Waals surface area contributed by atoms with Gasteiger partial charge in [0.2, 0.25) is 0 Å². The van der Waals surface area contributed by atoms with Crippen LogP contribution in [0.1, 0.15) is 34.2 Å². The lowest BCUT2D eigenvalue weighted by Crippen LogP contribution is -2.34. The Bertz CT molecular complexity index is 697. The maximum atomic E-state index is 12.7. The molecule has 0 atom stereocenters. The Morgan fingerprint density at radius 3 is 2.65 bits per heavy atom. The number of nitrogens with zero attached hydrogens (tertiary/aromatic N) is 3. The lowest BCUT2D eigenvalue weighted by atomic mass is 10.1. The molecule has 124 valence electrons. The molecule has 0 spiro atoms. The summed E-state index contributed by atoms with van der Waals surface area (Å²) in [7, 11) is 0. The molecule has 2 rings (SSSR count). The van der Waals surface area contributed by atoms with Gasteiger partial charge in [0.25, 0.3) is 5.91 Å². The van der Waals surface area contributed by atoms with Crippen molar-refractivity contribution in [2.75, 3.05) is 19.7 Å². The zero-order valence-corrected chi connectivity index (χ0v) is 14.5. The van der Waals surface area contributed by atoms with Crippen LogP contribution in [0.3, 0.4) is 0 Å². The van der Waals surface area contributed by atoms with Gasteiger partial charge in [-0.15, -0.1) is 0 Å². The van der Waals surface area contributed by atoms with Crippen molar-refractivity contribution in [3.63, 3.8) is 0 Å². The van der Waals surface area contributed by atoms with Crippen LogP contribution in [0.2, 0.25) is 5.02 Å². The number of aliphatic hydroxyl groups excluding tert-OH is 1. The van der Waals surface area contributed by atoms with Gasteiger partial charge in [-0.1, -0.05) is 29.8 Å². The Hall–Kier alpha value is -1.85. The summed E-state index contributed by atoms with van der Waals surface area (Å²) in [5.41, 5.74) is 3.06. The van der Waals surface area contributed by atoms with E-state index in [1.807, 2.05) is 45.0 Å². The molecule has 0 aliphatic carbocycles. The molecule has 0 fully saturated rings. The fourth-order valence-electron chi connectivity index (χ4n) is 2.63. The SMILES string of the molecule is CCN(CCO)C(=O)c1c(C)nn(Cc2ccccc2Cl)c1C. The topological polar surface area (TPSA) is 58.4 Å². The Morgan fingerprint density at radius 2 is 2.04 bits per heavy atom. The van der Waals surface area contributed by atoms with Gasteiger partial charge in [0.05, 0.1) is 24.4 Å². The summed E-state index contributed by atoms with van der Waals surface area (Å²) in [6, 6.07) is 7.61. The number of halogens is 1. The summed E-state index contributed by atoms with van der Waals surface area (Å²) in [5, 5.41) is 14.3. The molecule has 5 nitrogen and oxygen atoms in total. The lowest BCUT2D eigenvalue weighted by molar-refractivity contribution is 0.0730. The van der Waals surface area contributed by atoms with Gasteiger partial charge in [0.15, 0.2) is 0 Å². The zero-order chi connectivity index (χ0) is 17.0. The molecule has 0 aliphatic heterocycles. The second kappa shape index (κ2) is 7.62. The molecule has 2 aromatic rings. The van der Waals surface area contributed by atoms with Crippen LogP contribution >= 0.6 is 11.6 Å². The summed E-state index contributed by atoms with van der Waals surface area (Å²) < 4.78 is 1.80. The van der Waals surface area contributed by atoms with Crippen molar-refractivity contribution in [1.29, 1.82) is 0 Å². The van der Waals surface area contributed by atoms with Crippen LogP contribution in [0, 0.1) is 13.8 Å². The molecular formula is C17H22ClN3O2. The first-order chi connectivity index (χ1) is 11.0. The number of carbonyl (C=O) groups is 1. The minimum Gasteiger partial charge on any atom is -0.395 e. The third-order valence-corrected chi connectivity index (χ3v) is 4.28. The summed E-state index contributed by atoms with van der Waals surface area (Å²) in [6.45, 7) is 6.95. The number of benzene rings is 1. The van der Waals surface area contributed by atoms with E-state index in [1.54, 1.807) is 9.58 Å². The number of aliphatic hydroxyl groups is 1. The monoisotopic (exact) mass is 335 g/mol. The van der Waals surface area contributed by atoms with E-state index in [1.165, 1.54) is 0 Å². The van der Waals surface area contributed by atoms with E-state index in [0.717, 1.165) is 11.3 Å². The number of hydrogen-bond donors (Lipinski definition) is 1. The molecule has 6 heteroatoms. The van der Waals surface area contributed by atoms with Crippen molar-refractivity contribution in [3.8, 4) is 0 Å². The van der Waals surface area contributed by atoms with E-state index < -0.39 is 0 Å². The number of carbonyl (C=O) groups excluding carboxylic acids is 1. The number of hydrogen-bond acceptors (Lipinski definition) is 3. The zero-order valence-electron chi connectivity index (χ0n) is 13.7. The van der Waals surface area contributed by atoms with Crippen molar-refractivity contribution >= 4 is 17.5 Å². The smallest absolute Gasteiger partial charge is 0.257 e. The minimum absolute atomic E-state index is 0.0502. The van der Waals surface area contributed by atoms with Crippen molar-refractivity contribution in [2.24, 2.45) is 0 Å². The maximum absolute atomic E-state index is 12.7. The van der Waals surface area contributed by atoms with E-state index in [-0.39, 0.29) is 12.5 Å². The summed E-state index contributed by atoms with van der Waals surface area (Å²) >= 11 is 6.21. The molecule has 23 heavy (non-hydrogen) atoms. The number of rotatable bonds is 6. The average molecular weight is 336 g/mol. The summed E-state index contributed by atoms with van der Waals surface area (Å²) in [5.74, 6) is -0.0954. The Morgan fingerprint density at radius 1 is 1.35 bits per heavy atom. The van der Waals surface area contributed by atoms with Crippen molar-refractivity contribution in [3.05, 3.63) is 51.8 Å². The van der Waals surface area contributed by atoms with Crippen LogP contribution < -0.4 is 0 Å². The Balaban J connectivity index is 2.32. The first-order valence-corrected chi connectivity index (χ1v) is 8.04. The van der Waals surface area contributed by atoms with Crippen molar-refractivity contribution in [1.82, 2.24) is 14.7 Å². The second-order valence-corrected chi connectivity index (χ2v) is 5.81. The first kappa shape index (κ1) is 17.5. The highest BCUT2D eigenvalue weighted by molar-refractivity contribution is 6.31. The van der Waals surface area contributed by atoms with Crippen LogP contribution in [0.15, 0.2) is 24.3 Å². The summed E-state index contributed by atoms with van der Waals surface area (Å²) in [4.78, 5) is 14.3. The van der Waals surface area contributed by atoms with E-state index >= 15 is 0 Å². The number of amides is 1. The summed E-state index contributed by atoms with van der Waals surface area (Å²) in [6.07, 6.45) is 0. The fourth-order valence-corrected chi connectivity index (χ4v) is 2.83. The molecule has 1 N–H and O–H groups in total. The quantitative estimate of drug-likeness (QED) is 0.883. The molecule has 1 amide bonds. The second-order valence-electron chi connectivity index (χ2n) is 5.40. The first-order valence-electron chi connectivity index (χ1n) is 7.67. The van der Waals surface area contributed by atoms with E-state index in [2.05, 4.69) is 5.10 Å². The molecule has 0 unspecified atom stereocenters. The van der Waals surface area contributed by atoms with Crippen molar-refractivity contribution < 1.29 is 9.90 Å². The van der Waals surface area contributed by atoms with Gasteiger partial charge in [0, 0.05) is 23.8 Å². The van der Waals surface area contributed by atoms with Gasteiger partial charge >= 0.3 is 0 Å². The molecule has 0 saturated heterocycles. The molecule has 0 saturated carbocycles. The fraction of sp³-hybridized carbons (Fsp3) is 0.412. The standard InChI is InChI=1S/C17H22ClN3O2/c1-4-20(9-10-22)17(23)16-12(2)19-21(13(16)3)11-14-7-5-6-8-15(14)18/h5-8,22H,4,9-11H2,1-3H3. The van der Waals surface area contributed by atoms with Gasteiger partial charge in [0.1, 0.15) is 0 Å². The van der Waals surface area contributed by atoms with Gasteiger partial charge in [-0.2, -0.15) is 5.10 Å². The van der Waals surface area contributed by atoms with Gasteiger partial charge in [-0.3, -0.25) is 9.48 Å². The van der Waals surface area contributed by atoms with E-state index in [9.17, 15) is 4.79 Å². The average Bonchev–Trinajstić information content (AvgIpc) is 2.80. The van der Waals surface area contributed by atoms with Crippen molar-refractivity contribution in [2.45, 2.75) is 27.3 Å². The highest BCUT2D eigenvalue weighted by Gasteiger charge is 2.22. The molecule has 1 heterocycles. The van der Waals surface area contributed by atoms with Crippen LogP contribution in [-0.4, -0.2) is 45.4 Å². The molecule has 1 aromatic carbocycles. The third-order valence-electron chi connectivity index (χ3n) is 3.91. The predicted octanol–water partition coefficient (Wildman–Crippen LogP) is 2.66. The van der Waals surface area contributed by atoms with Gasteiger partial charge in [-0.05, 0) is 32.4 Å². The van der Waals surface area contributed by atoms with Gasteiger partial charge in [-0.25, -0.2) is 0 Å². The van der Waals surface area contributed by atoms with Crippen LogP contribution in [0.5, 0.6) is 0 Å². The normalized spacial score (nSPS) is 10.8. The van der Waals surface area contributed by atoms with E-state index in [4.69, 9.17) is 16.7 Å². The molecular weight excluding hydrogens is 314 g/mol. The highest BCUT2D eigenvalue weighted by atomic mass is 35.5. The maximum Gasteiger partial charge on any atom is 0.257 e. The van der Waals surface area contributed by atoms with Gasteiger partial charge < -0.3 is 10.0 Å². The van der Waals surface area contributed by atoms with E-state index in [0.29, 0.717) is 35.9 Å². The van der Waals surface area contributed by atoms with Crippen LogP contribution in [-0.2, 0) is 6.54 Å². The minimum atomic E-state index is -0.0954. The third kappa shape index (κ3) is 3.74. The van der Waals surface area contributed by atoms with Crippen LogP contribution in [0.25, 0.3) is 0 Å².